The molecular formula is C10H11F2N3O. The highest BCUT2D eigenvalue weighted by atomic mass is 19.3. The van der Waals surface area contributed by atoms with E-state index in [2.05, 4.69) is 10.3 Å². The molecule has 0 saturated carbocycles. The molecule has 0 spiro atoms. The van der Waals surface area contributed by atoms with Gasteiger partial charge in [-0.2, -0.15) is 0 Å². The number of alkyl halides is 2. The number of pyridine rings is 1. The van der Waals surface area contributed by atoms with E-state index in [1.807, 2.05) is 0 Å². The summed E-state index contributed by atoms with van der Waals surface area (Å²) in [4.78, 5) is 16.3. The molecule has 6 heteroatoms. The fraction of sp³-hybridized carbons (Fsp3) is 0.400. The number of aromatic nitrogens is 1. The Morgan fingerprint density at radius 2 is 2.19 bits per heavy atom. The molecule has 0 aromatic carbocycles. The molecular weight excluding hydrogens is 216 g/mol. The fourth-order valence-corrected chi connectivity index (χ4v) is 1.52. The van der Waals surface area contributed by atoms with Gasteiger partial charge in [0.1, 0.15) is 11.6 Å². The lowest BCUT2D eigenvalue weighted by atomic mass is 10.1. The van der Waals surface area contributed by atoms with Crippen LogP contribution in [0.2, 0.25) is 0 Å². The standard InChI is InChI=1S/C10H11F2N3O/c1-7(16)13-8-3-2-4-9(14-8)15-5-10(11,12)6-15/h2-4H,5-6H2,1H3,(H,13,14,16). The Kier molecular flexibility index (Phi) is 2.49. The van der Waals surface area contributed by atoms with Gasteiger partial charge in [0.05, 0.1) is 13.1 Å². The second kappa shape index (κ2) is 3.70. The average Bonchev–Trinajstić information content (AvgIpc) is 2.13. The lowest BCUT2D eigenvalue weighted by Gasteiger charge is -2.39. The van der Waals surface area contributed by atoms with Crippen molar-refractivity contribution in [3.63, 3.8) is 0 Å². The molecule has 1 aliphatic heterocycles. The summed E-state index contributed by atoms with van der Waals surface area (Å²) < 4.78 is 25.3. The van der Waals surface area contributed by atoms with Gasteiger partial charge in [-0.3, -0.25) is 4.79 Å². The van der Waals surface area contributed by atoms with Crippen LogP contribution >= 0.6 is 0 Å². The monoisotopic (exact) mass is 227 g/mol. The van der Waals surface area contributed by atoms with Crippen LogP contribution in [0.5, 0.6) is 0 Å². The Hall–Kier alpha value is -1.72. The summed E-state index contributed by atoms with van der Waals surface area (Å²) in [7, 11) is 0. The molecule has 4 nitrogen and oxygen atoms in total. The van der Waals surface area contributed by atoms with E-state index in [0.717, 1.165) is 0 Å². The first-order valence-corrected chi connectivity index (χ1v) is 4.84. The molecule has 86 valence electrons. The van der Waals surface area contributed by atoms with Crippen LogP contribution in [0.1, 0.15) is 6.92 Å². The van der Waals surface area contributed by atoms with E-state index >= 15 is 0 Å². The molecule has 0 radical (unpaired) electrons. The van der Waals surface area contributed by atoms with E-state index in [1.54, 1.807) is 18.2 Å². The fourth-order valence-electron chi connectivity index (χ4n) is 1.52. The summed E-state index contributed by atoms with van der Waals surface area (Å²) in [5.41, 5.74) is 0. The van der Waals surface area contributed by atoms with Crippen LogP contribution in [0.25, 0.3) is 0 Å². The van der Waals surface area contributed by atoms with Gasteiger partial charge in [-0.25, -0.2) is 13.8 Å². The van der Waals surface area contributed by atoms with Crippen LogP contribution in [0.15, 0.2) is 18.2 Å². The van der Waals surface area contributed by atoms with E-state index in [-0.39, 0.29) is 19.0 Å². The number of amides is 1. The summed E-state index contributed by atoms with van der Waals surface area (Å²) in [6, 6.07) is 4.92. The largest absolute Gasteiger partial charge is 0.344 e. The molecule has 1 saturated heterocycles. The van der Waals surface area contributed by atoms with Gasteiger partial charge in [-0.1, -0.05) is 6.07 Å². The zero-order chi connectivity index (χ0) is 11.8. The van der Waals surface area contributed by atoms with E-state index < -0.39 is 5.92 Å². The third-order valence-electron chi connectivity index (χ3n) is 2.21. The molecule has 1 aromatic heterocycles. The third-order valence-corrected chi connectivity index (χ3v) is 2.21. The highest BCUT2D eigenvalue weighted by Gasteiger charge is 2.44. The van der Waals surface area contributed by atoms with Gasteiger partial charge in [0.2, 0.25) is 5.91 Å². The van der Waals surface area contributed by atoms with Crippen LogP contribution in [0.3, 0.4) is 0 Å². The molecule has 2 rings (SSSR count). The van der Waals surface area contributed by atoms with Crippen molar-refractivity contribution < 1.29 is 13.6 Å². The van der Waals surface area contributed by atoms with Crippen molar-refractivity contribution in [3.05, 3.63) is 18.2 Å². The second-order valence-electron chi connectivity index (χ2n) is 3.77. The van der Waals surface area contributed by atoms with Crippen molar-refractivity contribution >= 4 is 17.5 Å². The molecule has 0 atom stereocenters. The summed E-state index contributed by atoms with van der Waals surface area (Å²) in [5, 5.41) is 2.50. The highest BCUT2D eigenvalue weighted by molar-refractivity contribution is 5.87. The van der Waals surface area contributed by atoms with Crippen LogP contribution in [-0.2, 0) is 4.79 Å². The first-order chi connectivity index (χ1) is 7.46. The van der Waals surface area contributed by atoms with Crippen LogP contribution in [0.4, 0.5) is 20.4 Å². The molecule has 0 aliphatic carbocycles. The Bertz CT molecular complexity index is 414. The molecule has 1 aromatic rings. The Morgan fingerprint density at radius 1 is 1.50 bits per heavy atom. The van der Waals surface area contributed by atoms with Gasteiger partial charge in [0.15, 0.2) is 0 Å². The van der Waals surface area contributed by atoms with Crippen LogP contribution in [-0.4, -0.2) is 29.9 Å². The number of nitrogens with one attached hydrogen (secondary N) is 1. The van der Waals surface area contributed by atoms with Crippen molar-refractivity contribution in [3.8, 4) is 0 Å². The van der Waals surface area contributed by atoms with Crippen molar-refractivity contribution in [2.24, 2.45) is 0 Å². The summed E-state index contributed by atoms with van der Waals surface area (Å²) in [6.45, 7) is 0.735. The van der Waals surface area contributed by atoms with E-state index in [0.29, 0.717) is 11.6 Å². The van der Waals surface area contributed by atoms with Crippen molar-refractivity contribution in [1.82, 2.24) is 4.98 Å². The van der Waals surface area contributed by atoms with Crippen molar-refractivity contribution in [2.45, 2.75) is 12.8 Å². The molecule has 1 amide bonds. The van der Waals surface area contributed by atoms with E-state index in [4.69, 9.17) is 0 Å². The maximum atomic E-state index is 12.6. The van der Waals surface area contributed by atoms with Gasteiger partial charge in [-0.05, 0) is 12.1 Å². The SMILES string of the molecule is CC(=O)Nc1cccc(N2CC(F)(F)C2)n1. The molecule has 16 heavy (non-hydrogen) atoms. The number of rotatable bonds is 2. The van der Waals surface area contributed by atoms with Crippen LogP contribution < -0.4 is 10.2 Å². The average molecular weight is 227 g/mol. The number of halogens is 2. The first-order valence-electron chi connectivity index (χ1n) is 4.84. The molecule has 1 N–H and O–H groups in total. The molecule has 1 fully saturated rings. The van der Waals surface area contributed by atoms with Crippen LogP contribution in [0, 0.1) is 0 Å². The predicted octanol–water partition coefficient (Wildman–Crippen LogP) is 1.50. The van der Waals surface area contributed by atoms with Crippen molar-refractivity contribution in [1.29, 1.82) is 0 Å². The lowest BCUT2D eigenvalue weighted by molar-refractivity contribution is -0.114. The van der Waals surface area contributed by atoms with Gasteiger partial charge >= 0.3 is 0 Å². The number of anilines is 2. The van der Waals surface area contributed by atoms with E-state index in [1.165, 1.54) is 11.8 Å². The van der Waals surface area contributed by atoms with Gasteiger partial charge in [-0.15, -0.1) is 0 Å². The Morgan fingerprint density at radius 3 is 2.75 bits per heavy atom. The number of carbonyl (C=O) groups excluding carboxylic acids is 1. The number of carbonyl (C=O) groups is 1. The topological polar surface area (TPSA) is 45.2 Å². The first kappa shape index (κ1) is 10.8. The smallest absolute Gasteiger partial charge is 0.282 e. The minimum absolute atomic E-state index is 0.237. The minimum Gasteiger partial charge on any atom is -0.344 e. The lowest BCUT2D eigenvalue weighted by Crippen LogP contribution is -2.56. The normalized spacial score (nSPS) is 17.8. The maximum Gasteiger partial charge on any atom is 0.282 e. The maximum absolute atomic E-state index is 12.6. The summed E-state index contributed by atoms with van der Waals surface area (Å²) in [5.74, 6) is -2.03. The Balaban J connectivity index is 2.08. The molecule has 0 bridgehead atoms. The molecule has 2 heterocycles. The highest BCUT2D eigenvalue weighted by Crippen LogP contribution is 2.30. The number of hydrogen-bond donors (Lipinski definition) is 1. The zero-order valence-corrected chi connectivity index (χ0v) is 8.70. The van der Waals surface area contributed by atoms with Gasteiger partial charge < -0.3 is 10.2 Å². The Labute approximate surface area is 91.3 Å². The summed E-state index contributed by atoms with van der Waals surface area (Å²) in [6.07, 6.45) is 0. The van der Waals surface area contributed by atoms with Gasteiger partial charge in [0.25, 0.3) is 5.92 Å². The van der Waals surface area contributed by atoms with Crippen molar-refractivity contribution in [2.75, 3.05) is 23.3 Å². The third kappa shape index (κ3) is 2.26. The number of nitrogens with zero attached hydrogens (tertiary/aromatic N) is 2. The zero-order valence-electron chi connectivity index (χ0n) is 8.70. The summed E-state index contributed by atoms with van der Waals surface area (Å²) >= 11 is 0. The second-order valence-corrected chi connectivity index (χ2v) is 3.77. The van der Waals surface area contributed by atoms with E-state index in [9.17, 15) is 13.6 Å². The molecule has 1 aliphatic rings. The quantitative estimate of drug-likeness (QED) is 0.832. The minimum atomic E-state index is -2.62. The predicted molar refractivity (Wildman–Crippen MR) is 55.7 cm³/mol. The number of hydrogen-bond acceptors (Lipinski definition) is 3. The molecule has 0 unspecified atom stereocenters. The van der Waals surface area contributed by atoms with Gasteiger partial charge in [0, 0.05) is 6.92 Å².